The molecule has 0 spiro atoms. The van der Waals surface area contributed by atoms with Crippen LogP contribution >= 0.6 is 0 Å². The van der Waals surface area contributed by atoms with Crippen LogP contribution in [0.25, 0.3) is 55.6 Å². The van der Waals surface area contributed by atoms with Crippen molar-refractivity contribution in [2.75, 3.05) is 0 Å². The monoisotopic (exact) mass is 789 g/mol. The SMILES string of the molecule is Cn1c(-c2cc(C(C)(C)C)ccc2O)nc2c(-c3[c-]c(-c4cc(C(C)(C)C)cc5cccnc45)cc(C(C)(C)C)c3)cccc21.[Pt]. The van der Waals surface area contributed by atoms with Crippen molar-refractivity contribution in [3.8, 4) is 39.4 Å². The Morgan fingerprint density at radius 3 is 1.89 bits per heavy atom. The second kappa shape index (κ2) is 11.8. The van der Waals surface area contributed by atoms with Crippen molar-refractivity contribution in [2.45, 2.75) is 78.6 Å². The van der Waals surface area contributed by atoms with Crippen LogP contribution < -0.4 is 0 Å². The van der Waals surface area contributed by atoms with E-state index in [2.05, 4.69) is 128 Å². The van der Waals surface area contributed by atoms with Gasteiger partial charge in [-0.1, -0.05) is 110 Å². The maximum Gasteiger partial charge on any atom is 0.143 e. The number of phenols is 1. The minimum Gasteiger partial charge on any atom is -0.507 e. The van der Waals surface area contributed by atoms with Gasteiger partial charge in [-0.25, -0.2) is 4.98 Å². The predicted molar refractivity (Wildman–Crippen MR) is 189 cm³/mol. The van der Waals surface area contributed by atoms with Crippen LogP contribution in [0.15, 0.2) is 79.0 Å². The Balaban J connectivity index is 0.00000417. The van der Waals surface area contributed by atoms with E-state index >= 15 is 0 Å². The average molecular weight is 790 g/mol. The van der Waals surface area contributed by atoms with Crippen molar-refractivity contribution in [3.63, 3.8) is 0 Å². The number of fused-ring (bicyclic) bond motifs is 2. The third-order valence-corrected chi connectivity index (χ3v) is 8.90. The number of aromatic nitrogens is 3. The zero-order chi connectivity index (χ0) is 32.5. The van der Waals surface area contributed by atoms with Crippen LogP contribution in [0.3, 0.4) is 0 Å². The van der Waals surface area contributed by atoms with Crippen LogP contribution in [0.2, 0.25) is 0 Å². The molecular formula is C41H44N3OPt-. The maximum atomic E-state index is 11.0. The fraction of sp³-hybridized carbons (Fsp3) is 0.317. The van der Waals surface area contributed by atoms with Crippen molar-refractivity contribution >= 4 is 21.9 Å². The van der Waals surface area contributed by atoms with Crippen LogP contribution in [-0.4, -0.2) is 19.6 Å². The fourth-order valence-electron chi connectivity index (χ4n) is 5.98. The zero-order valence-corrected chi connectivity index (χ0v) is 30.9. The number of aromatic hydroxyl groups is 1. The number of benzene rings is 4. The first kappa shape index (κ1) is 33.6. The maximum absolute atomic E-state index is 11.0. The number of pyridine rings is 1. The standard InChI is InChI=1S/C41H44N3O.Pt/c1-39(2,3)28-16-17-35(45)33(23-28)38-43-37-31(14-11-15-34(37)44(38)10)26-19-27(22-29(21-26)40(4,5)6)32-24-30(41(7,8)9)20-25-13-12-18-42-36(25)32;/h11-18,20-24,45H,1-10H3;/q-1;. The summed E-state index contributed by atoms with van der Waals surface area (Å²) in [7, 11) is 2.02. The van der Waals surface area contributed by atoms with Gasteiger partial charge in [0.1, 0.15) is 11.6 Å². The molecule has 0 saturated carbocycles. The molecule has 4 aromatic carbocycles. The van der Waals surface area contributed by atoms with Gasteiger partial charge in [-0.15, -0.1) is 34.9 Å². The van der Waals surface area contributed by atoms with E-state index in [1.807, 2.05) is 25.4 Å². The van der Waals surface area contributed by atoms with Gasteiger partial charge in [0, 0.05) is 39.8 Å². The largest absolute Gasteiger partial charge is 0.507 e. The molecule has 0 aliphatic rings. The van der Waals surface area contributed by atoms with Crippen LogP contribution in [-0.2, 0) is 44.4 Å². The first-order valence-electron chi connectivity index (χ1n) is 15.8. The van der Waals surface area contributed by atoms with Gasteiger partial charge in [0.15, 0.2) is 0 Å². The third-order valence-electron chi connectivity index (χ3n) is 8.90. The summed E-state index contributed by atoms with van der Waals surface area (Å²) in [6, 6.07) is 29.2. The molecule has 2 heterocycles. The number of hydrogen-bond donors (Lipinski definition) is 1. The summed E-state index contributed by atoms with van der Waals surface area (Å²) >= 11 is 0. The molecule has 4 nitrogen and oxygen atoms in total. The van der Waals surface area contributed by atoms with E-state index in [9.17, 15) is 5.11 Å². The van der Waals surface area contributed by atoms with Crippen molar-refractivity contribution in [3.05, 3.63) is 102 Å². The Kier molecular flexibility index (Phi) is 8.62. The summed E-state index contributed by atoms with van der Waals surface area (Å²) in [4.78, 5) is 10.1. The van der Waals surface area contributed by atoms with Gasteiger partial charge in [0.2, 0.25) is 0 Å². The molecule has 46 heavy (non-hydrogen) atoms. The first-order chi connectivity index (χ1) is 21.0. The molecule has 6 aromatic rings. The molecule has 5 heteroatoms. The van der Waals surface area contributed by atoms with Gasteiger partial charge in [0.25, 0.3) is 0 Å². The number of nitrogens with zero attached hydrogens (tertiary/aromatic N) is 3. The number of aryl methyl sites for hydroxylation is 1. The van der Waals surface area contributed by atoms with E-state index in [4.69, 9.17) is 9.97 Å². The normalized spacial score (nSPS) is 12.5. The molecule has 6 rings (SSSR count). The molecule has 0 saturated heterocycles. The van der Waals surface area contributed by atoms with Gasteiger partial charge in [0.05, 0.1) is 16.6 Å². The average Bonchev–Trinajstić information content (AvgIpc) is 3.31. The van der Waals surface area contributed by atoms with Crippen LogP contribution in [0.5, 0.6) is 5.75 Å². The summed E-state index contributed by atoms with van der Waals surface area (Å²) in [6.45, 7) is 20.1. The van der Waals surface area contributed by atoms with Gasteiger partial charge in [-0.2, -0.15) is 0 Å². The fourth-order valence-corrected chi connectivity index (χ4v) is 5.98. The minimum absolute atomic E-state index is 0. The summed E-state index contributed by atoms with van der Waals surface area (Å²) in [6.07, 6.45) is 1.87. The molecule has 0 bridgehead atoms. The minimum atomic E-state index is -0.0914. The molecule has 240 valence electrons. The van der Waals surface area contributed by atoms with Gasteiger partial charge >= 0.3 is 0 Å². The predicted octanol–water partition coefficient (Wildman–Crippen LogP) is 10.5. The molecule has 0 amide bonds. The van der Waals surface area contributed by atoms with Crippen molar-refractivity contribution in [1.82, 2.24) is 14.5 Å². The number of rotatable bonds is 3. The third kappa shape index (κ3) is 6.17. The molecule has 2 aromatic heterocycles. The molecular weight excluding hydrogens is 746 g/mol. The van der Waals surface area contributed by atoms with Crippen molar-refractivity contribution < 1.29 is 26.2 Å². The molecule has 0 radical (unpaired) electrons. The van der Waals surface area contributed by atoms with E-state index in [1.54, 1.807) is 6.07 Å². The van der Waals surface area contributed by atoms with Crippen molar-refractivity contribution in [2.24, 2.45) is 7.05 Å². The summed E-state index contributed by atoms with van der Waals surface area (Å²) in [5.41, 5.74) is 11.2. The Labute approximate surface area is 288 Å². The summed E-state index contributed by atoms with van der Waals surface area (Å²) in [5, 5.41) is 12.1. The van der Waals surface area contributed by atoms with Gasteiger partial charge in [-0.05, 0) is 57.0 Å². The summed E-state index contributed by atoms with van der Waals surface area (Å²) < 4.78 is 2.08. The summed E-state index contributed by atoms with van der Waals surface area (Å²) in [5.74, 6) is 0.964. The smallest absolute Gasteiger partial charge is 0.143 e. The Morgan fingerprint density at radius 2 is 1.24 bits per heavy atom. The second-order valence-electron chi connectivity index (χ2n) is 15.4. The van der Waals surface area contributed by atoms with Gasteiger partial charge in [-0.3, -0.25) is 4.98 Å². The molecule has 0 unspecified atom stereocenters. The molecule has 0 aliphatic heterocycles. The number of para-hydroxylation sites is 1. The van der Waals surface area contributed by atoms with Crippen molar-refractivity contribution in [1.29, 1.82) is 0 Å². The molecule has 1 N–H and O–H groups in total. The van der Waals surface area contributed by atoms with Crippen LogP contribution in [0.1, 0.15) is 79.0 Å². The second-order valence-corrected chi connectivity index (χ2v) is 15.4. The Morgan fingerprint density at radius 1 is 0.630 bits per heavy atom. The zero-order valence-electron chi connectivity index (χ0n) is 28.6. The van der Waals surface area contributed by atoms with Gasteiger partial charge < -0.3 is 9.67 Å². The van der Waals surface area contributed by atoms with Crippen LogP contribution in [0, 0.1) is 6.07 Å². The Hall–Kier alpha value is -3.75. The topological polar surface area (TPSA) is 50.9 Å². The van der Waals surface area contributed by atoms with E-state index < -0.39 is 0 Å². The van der Waals surface area contributed by atoms with E-state index in [1.165, 1.54) is 11.1 Å². The molecule has 0 aliphatic carbocycles. The number of imidazole rings is 1. The van der Waals surface area contributed by atoms with E-state index in [0.717, 1.165) is 61.1 Å². The van der Waals surface area contributed by atoms with Crippen LogP contribution in [0.4, 0.5) is 0 Å². The molecule has 0 atom stereocenters. The Bertz CT molecular complexity index is 2080. The number of phenolic OH excluding ortho intramolecular Hbond substituents is 1. The quantitative estimate of drug-likeness (QED) is 0.182. The first-order valence-corrected chi connectivity index (χ1v) is 15.8. The van der Waals surface area contributed by atoms with E-state index in [-0.39, 0.29) is 43.1 Å². The number of hydrogen-bond acceptors (Lipinski definition) is 3. The molecule has 0 fully saturated rings. The van der Waals surface area contributed by atoms with E-state index in [0.29, 0.717) is 0 Å².